The van der Waals surface area contributed by atoms with E-state index in [1.54, 1.807) is 18.2 Å². The molecule has 0 aliphatic heterocycles. The standard InChI is InChI=1S/C27H31F4N5O3/c1-4-17-8-7-9-18(5-2)22(17)25(38)35(6-3)16-26(39,27(29,30)31)15-33-24(37)21-14-34-36(23(21)32)20-12-10-19(28)11-13-20/h7-14,39H,4-6,15-16,32H2,1-3H3,(H,33,37)/t26-/m0/s1. The molecule has 0 saturated heterocycles. The lowest BCUT2D eigenvalue weighted by Gasteiger charge is -2.36. The van der Waals surface area contributed by atoms with E-state index in [2.05, 4.69) is 10.4 Å². The molecule has 210 valence electrons. The quantitative estimate of drug-likeness (QED) is 0.332. The van der Waals surface area contributed by atoms with Gasteiger partial charge in [0, 0.05) is 12.1 Å². The van der Waals surface area contributed by atoms with E-state index in [0.29, 0.717) is 35.2 Å². The predicted octanol–water partition coefficient (Wildman–Crippen LogP) is 3.90. The van der Waals surface area contributed by atoms with Gasteiger partial charge in [0.1, 0.15) is 17.2 Å². The number of anilines is 1. The zero-order valence-corrected chi connectivity index (χ0v) is 21.8. The van der Waals surface area contributed by atoms with Crippen LogP contribution in [0.2, 0.25) is 0 Å². The first-order chi connectivity index (χ1) is 18.4. The van der Waals surface area contributed by atoms with Crippen molar-refractivity contribution in [1.82, 2.24) is 20.0 Å². The number of carbonyl (C=O) groups is 2. The number of hydrogen-bond donors (Lipinski definition) is 3. The summed E-state index contributed by atoms with van der Waals surface area (Å²) in [6.07, 6.45) is -3.13. The number of amides is 2. The number of benzene rings is 2. The van der Waals surface area contributed by atoms with Gasteiger partial charge in [-0.3, -0.25) is 9.59 Å². The number of alkyl halides is 3. The summed E-state index contributed by atoms with van der Waals surface area (Å²) in [6.45, 7) is 2.75. The molecule has 4 N–H and O–H groups in total. The molecule has 1 atom stereocenters. The largest absolute Gasteiger partial charge is 0.420 e. The number of nitrogen functional groups attached to an aromatic ring is 1. The van der Waals surface area contributed by atoms with E-state index in [1.165, 1.54) is 19.1 Å². The van der Waals surface area contributed by atoms with Gasteiger partial charge in [0.05, 0.1) is 25.0 Å². The maximum atomic E-state index is 14.1. The second-order valence-corrected chi connectivity index (χ2v) is 9.02. The van der Waals surface area contributed by atoms with Crippen molar-refractivity contribution >= 4 is 17.6 Å². The van der Waals surface area contributed by atoms with Gasteiger partial charge in [0.2, 0.25) is 0 Å². The van der Waals surface area contributed by atoms with Crippen LogP contribution in [0.3, 0.4) is 0 Å². The van der Waals surface area contributed by atoms with E-state index in [0.717, 1.165) is 27.9 Å². The molecular weight excluding hydrogens is 518 g/mol. The SMILES string of the molecule is CCc1cccc(CC)c1C(=O)N(CC)C[C@@](O)(CNC(=O)c1cnn(-c2ccc(F)cc2)c1N)C(F)(F)F. The lowest BCUT2D eigenvalue weighted by Crippen LogP contribution is -2.60. The van der Waals surface area contributed by atoms with Gasteiger partial charge in [-0.05, 0) is 55.2 Å². The van der Waals surface area contributed by atoms with Crippen LogP contribution in [-0.2, 0) is 12.8 Å². The van der Waals surface area contributed by atoms with Gasteiger partial charge in [-0.2, -0.15) is 18.3 Å². The molecule has 0 spiro atoms. The smallest absolute Gasteiger partial charge is 0.383 e. The number of nitrogens with two attached hydrogens (primary N) is 1. The fourth-order valence-electron chi connectivity index (χ4n) is 4.21. The fraction of sp³-hybridized carbons (Fsp3) is 0.370. The number of nitrogens with zero attached hydrogens (tertiary/aromatic N) is 3. The van der Waals surface area contributed by atoms with Crippen molar-refractivity contribution in [3.8, 4) is 5.69 Å². The van der Waals surface area contributed by atoms with Gasteiger partial charge >= 0.3 is 6.18 Å². The number of nitrogens with one attached hydrogen (secondary N) is 1. The summed E-state index contributed by atoms with van der Waals surface area (Å²) in [6, 6.07) is 10.3. The summed E-state index contributed by atoms with van der Waals surface area (Å²) in [5.41, 5.74) is 4.30. The van der Waals surface area contributed by atoms with Crippen molar-refractivity contribution in [2.24, 2.45) is 0 Å². The minimum Gasteiger partial charge on any atom is -0.383 e. The van der Waals surface area contributed by atoms with Crippen molar-refractivity contribution in [1.29, 1.82) is 0 Å². The van der Waals surface area contributed by atoms with E-state index in [4.69, 9.17) is 5.73 Å². The molecule has 2 aromatic carbocycles. The zero-order chi connectivity index (χ0) is 29.0. The van der Waals surface area contributed by atoms with Gasteiger partial charge in [-0.1, -0.05) is 32.0 Å². The molecule has 0 radical (unpaired) electrons. The molecule has 2 amide bonds. The first-order valence-electron chi connectivity index (χ1n) is 12.4. The Kier molecular flexibility index (Phi) is 9.00. The topological polar surface area (TPSA) is 113 Å². The van der Waals surface area contributed by atoms with Gasteiger partial charge in [-0.15, -0.1) is 0 Å². The summed E-state index contributed by atoms with van der Waals surface area (Å²) in [5.74, 6) is -2.34. The summed E-state index contributed by atoms with van der Waals surface area (Å²) < 4.78 is 56.8. The second-order valence-electron chi connectivity index (χ2n) is 9.02. The second kappa shape index (κ2) is 11.9. The normalized spacial score (nSPS) is 13.1. The van der Waals surface area contributed by atoms with Crippen LogP contribution < -0.4 is 11.1 Å². The molecule has 3 rings (SSSR count). The Labute approximate surface area is 223 Å². The van der Waals surface area contributed by atoms with Crippen molar-refractivity contribution in [2.45, 2.75) is 45.4 Å². The van der Waals surface area contributed by atoms with E-state index in [-0.39, 0.29) is 17.9 Å². The highest BCUT2D eigenvalue weighted by atomic mass is 19.4. The minimum atomic E-state index is -5.18. The first kappa shape index (κ1) is 29.6. The Balaban J connectivity index is 1.83. The number of rotatable bonds is 10. The molecule has 0 fully saturated rings. The first-order valence-corrected chi connectivity index (χ1v) is 12.4. The molecule has 0 aliphatic rings. The molecule has 0 unspecified atom stereocenters. The molecule has 12 heteroatoms. The van der Waals surface area contributed by atoms with Gasteiger partial charge in [0.25, 0.3) is 11.8 Å². The number of hydrogen-bond acceptors (Lipinski definition) is 5. The molecule has 39 heavy (non-hydrogen) atoms. The number of carbonyl (C=O) groups excluding carboxylic acids is 2. The highest BCUT2D eigenvalue weighted by Gasteiger charge is 2.55. The Morgan fingerprint density at radius 3 is 2.15 bits per heavy atom. The van der Waals surface area contributed by atoms with Gasteiger partial charge in [-0.25, -0.2) is 9.07 Å². The number of aromatic nitrogens is 2. The van der Waals surface area contributed by atoms with Crippen molar-refractivity contribution in [2.75, 3.05) is 25.4 Å². The van der Waals surface area contributed by atoms with Crippen molar-refractivity contribution < 1.29 is 32.3 Å². The molecule has 3 aromatic rings. The summed E-state index contributed by atoms with van der Waals surface area (Å²) >= 11 is 0. The third-order valence-electron chi connectivity index (χ3n) is 6.53. The number of aryl methyl sites for hydroxylation is 2. The van der Waals surface area contributed by atoms with E-state index < -0.39 is 42.5 Å². The molecule has 0 bridgehead atoms. The van der Waals surface area contributed by atoms with Crippen LogP contribution in [0.25, 0.3) is 5.69 Å². The Hall–Kier alpha value is -3.93. The Morgan fingerprint density at radius 1 is 1.05 bits per heavy atom. The lowest BCUT2D eigenvalue weighted by atomic mass is 9.95. The summed E-state index contributed by atoms with van der Waals surface area (Å²) in [5, 5.41) is 16.8. The van der Waals surface area contributed by atoms with Crippen LogP contribution in [0.1, 0.15) is 52.6 Å². The summed E-state index contributed by atoms with van der Waals surface area (Å²) in [4.78, 5) is 27.1. The number of halogens is 4. The number of aliphatic hydroxyl groups is 1. The monoisotopic (exact) mass is 549 g/mol. The average Bonchev–Trinajstić information content (AvgIpc) is 3.30. The fourth-order valence-corrected chi connectivity index (χ4v) is 4.21. The Bertz CT molecular complexity index is 1300. The van der Waals surface area contributed by atoms with E-state index in [9.17, 15) is 32.3 Å². The molecule has 1 aromatic heterocycles. The lowest BCUT2D eigenvalue weighted by molar-refractivity contribution is -0.259. The molecule has 8 nitrogen and oxygen atoms in total. The maximum absolute atomic E-state index is 14.1. The van der Waals surface area contributed by atoms with Crippen LogP contribution in [0.5, 0.6) is 0 Å². The maximum Gasteiger partial charge on any atom is 0.420 e. The van der Waals surface area contributed by atoms with E-state index in [1.807, 2.05) is 13.8 Å². The highest BCUT2D eigenvalue weighted by Crippen LogP contribution is 2.32. The minimum absolute atomic E-state index is 0.107. The third kappa shape index (κ3) is 6.22. The van der Waals surface area contributed by atoms with Crippen LogP contribution >= 0.6 is 0 Å². The van der Waals surface area contributed by atoms with Gasteiger partial charge in [0.15, 0.2) is 5.60 Å². The van der Waals surface area contributed by atoms with E-state index >= 15 is 0 Å². The van der Waals surface area contributed by atoms with Crippen LogP contribution in [0.15, 0.2) is 48.7 Å². The molecule has 0 saturated carbocycles. The van der Waals surface area contributed by atoms with Gasteiger partial charge < -0.3 is 21.1 Å². The molecule has 1 heterocycles. The van der Waals surface area contributed by atoms with Crippen LogP contribution in [0, 0.1) is 5.82 Å². The number of likely N-dealkylation sites (N-methyl/N-ethyl adjacent to an activating group) is 1. The molecule has 0 aliphatic carbocycles. The predicted molar refractivity (Wildman–Crippen MR) is 138 cm³/mol. The Morgan fingerprint density at radius 2 is 1.64 bits per heavy atom. The van der Waals surface area contributed by atoms with Crippen LogP contribution in [0.4, 0.5) is 23.4 Å². The average molecular weight is 550 g/mol. The summed E-state index contributed by atoms with van der Waals surface area (Å²) in [7, 11) is 0. The molecular formula is C27H31F4N5O3. The third-order valence-corrected chi connectivity index (χ3v) is 6.53. The van der Waals surface area contributed by atoms with Crippen molar-refractivity contribution in [3.05, 3.63) is 76.7 Å². The van der Waals surface area contributed by atoms with Crippen LogP contribution in [-0.4, -0.2) is 63.0 Å². The van der Waals surface area contributed by atoms with Crippen molar-refractivity contribution in [3.63, 3.8) is 0 Å². The zero-order valence-electron chi connectivity index (χ0n) is 21.8. The highest BCUT2D eigenvalue weighted by molar-refractivity contribution is 5.99.